The summed E-state index contributed by atoms with van der Waals surface area (Å²) >= 11 is 3.19. The van der Waals surface area contributed by atoms with Crippen molar-refractivity contribution < 1.29 is 23.8 Å². The van der Waals surface area contributed by atoms with Gasteiger partial charge < -0.3 is 29.6 Å². The van der Waals surface area contributed by atoms with Crippen molar-refractivity contribution in [3.05, 3.63) is 46.9 Å². The third kappa shape index (κ3) is 5.40. The number of nitrogens with one attached hydrogen (secondary N) is 1. The maximum atomic E-state index is 14.4. The van der Waals surface area contributed by atoms with Crippen LogP contribution in [-0.2, 0) is 4.79 Å². The molecule has 2 aromatic carbocycles. The summed E-state index contributed by atoms with van der Waals surface area (Å²) in [6.07, 6.45) is 2.48. The van der Waals surface area contributed by atoms with Crippen molar-refractivity contribution in [2.24, 2.45) is 0 Å². The van der Waals surface area contributed by atoms with Gasteiger partial charge in [-0.05, 0) is 47.0 Å². The van der Waals surface area contributed by atoms with Crippen molar-refractivity contribution in [3.63, 3.8) is 0 Å². The molecule has 2 heterocycles. The molecule has 4 rings (SSSR count). The van der Waals surface area contributed by atoms with Crippen LogP contribution in [0.3, 0.4) is 0 Å². The first-order valence-corrected chi connectivity index (χ1v) is 11.3. The number of ether oxygens (including phenoxy) is 2. The molecule has 0 unspecified atom stereocenters. The number of carbonyl (C=O) groups excluding carboxylic acids is 1. The number of anilines is 2. The lowest BCUT2D eigenvalue weighted by Gasteiger charge is -2.32. The van der Waals surface area contributed by atoms with Crippen molar-refractivity contribution in [1.29, 1.82) is 0 Å². The van der Waals surface area contributed by atoms with Crippen LogP contribution in [0.5, 0.6) is 11.5 Å². The van der Waals surface area contributed by atoms with Crippen molar-refractivity contribution in [1.82, 2.24) is 14.9 Å². The van der Waals surface area contributed by atoms with E-state index < -0.39 is 11.9 Å². The van der Waals surface area contributed by atoms with Crippen LogP contribution in [0, 0.1) is 5.82 Å². The number of rotatable bonds is 8. The van der Waals surface area contributed by atoms with Gasteiger partial charge in [0.2, 0.25) is 0 Å². The van der Waals surface area contributed by atoms with E-state index in [2.05, 4.69) is 31.2 Å². The van der Waals surface area contributed by atoms with Crippen LogP contribution >= 0.6 is 15.9 Å². The lowest BCUT2D eigenvalue weighted by Crippen LogP contribution is -2.42. The van der Waals surface area contributed by atoms with E-state index in [1.165, 1.54) is 6.33 Å². The number of aliphatic hydroxyl groups is 1. The quantitative estimate of drug-likeness (QED) is 0.436. The molecular formula is C23H24BrFN4O4. The zero-order valence-electron chi connectivity index (χ0n) is 18.0. The van der Waals surface area contributed by atoms with Crippen LogP contribution in [0.15, 0.2) is 41.1 Å². The van der Waals surface area contributed by atoms with Crippen molar-refractivity contribution in [3.8, 4) is 11.5 Å². The first kappa shape index (κ1) is 23.3. The number of fused-ring (bicyclic) bond motifs is 1. The van der Waals surface area contributed by atoms with Gasteiger partial charge in [-0.15, -0.1) is 0 Å². The van der Waals surface area contributed by atoms with Gasteiger partial charge in [0, 0.05) is 31.1 Å². The van der Waals surface area contributed by atoms with Gasteiger partial charge in [-0.3, -0.25) is 0 Å². The number of carbonyl (C=O) groups is 1. The number of aliphatic hydroxyl groups excluding tert-OH is 1. The molecule has 0 amide bonds. The summed E-state index contributed by atoms with van der Waals surface area (Å²) in [7, 11) is 1.56. The van der Waals surface area contributed by atoms with Gasteiger partial charge in [-0.1, -0.05) is 6.07 Å². The Balaban J connectivity index is 1.54. The average molecular weight is 519 g/mol. The summed E-state index contributed by atoms with van der Waals surface area (Å²) in [6, 6.07) is 8.55. The first-order chi connectivity index (χ1) is 16.0. The first-order valence-electron chi connectivity index (χ1n) is 10.5. The van der Waals surface area contributed by atoms with Gasteiger partial charge in [0.25, 0.3) is 0 Å². The summed E-state index contributed by atoms with van der Waals surface area (Å²) in [6.45, 7) is 1.78. The second-order valence-corrected chi connectivity index (χ2v) is 8.64. The highest BCUT2D eigenvalue weighted by atomic mass is 79.9. The molecule has 0 bridgehead atoms. The van der Waals surface area contributed by atoms with E-state index in [4.69, 9.17) is 9.47 Å². The molecule has 10 heteroatoms. The Bertz CT molecular complexity index is 1140. The fraction of sp³-hybridized carbons (Fsp3) is 0.348. The SMILES string of the molecule is COc1cc2c(Nc3cccc(Br)c3F)ncnc2cc1OC1CCN(C[C@@H](O)C=O)CC1. The lowest BCUT2D eigenvalue weighted by molar-refractivity contribution is -0.115. The molecule has 1 fully saturated rings. The van der Waals surface area contributed by atoms with Crippen LogP contribution in [0.25, 0.3) is 10.9 Å². The number of methoxy groups -OCH3 is 1. The molecule has 174 valence electrons. The minimum absolute atomic E-state index is 0.0313. The Kier molecular flexibility index (Phi) is 7.36. The number of aldehydes is 1. The maximum absolute atomic E-state index is 14.4. The standard InChI is InChI=1S/C23H24BrFN4O4/c1-32-20-9-16-19(26-13-27-23(16)28-18-4-2-3-17(24)22(18)25)10-21(20)33-15-5-7-29(8-6-15)11-14(31)12-30/h2-4,9-10,12-15,31H,5-8,11H2,1H3,(H,26,27,28)/t14-/m1/s1. The number of piperidine rings is 1. The monoisotopic (exact) mass is 518 g/mol. The van der Waals surface area contributed by atoms with Crippen LogP contribution < -0.4 is 14.8 Å². The number of halogens is 2. The molecule has 8 nitrogen and oxygen atoms in total. The highest BCUT2D eigenvalue weighted by Crippen LogP contribution is 2.36. The molecule has 0 aliphatic carbocycles. The number of benzene rings is 2. The summed E-state index contributed by atoms with van der Waals surface area (Å²) in [5, 5.41) is 13.2. The number of likely N-dealkylation sites (tertiary alicyclic amines) is 1. The summed E-state index contributed by atoms with van der Waals surface area (Å²) in [5.41, 5.74) is 0.917. The average Bonchev–Trinajstić information content (AvgIpc) is 2.83. The van der Waals surface area contributed by atoms with Crippen molar-refractivity contribution in [2.45, 2.75) is 25.0 Å². The Morgan fingerprint density at radius 3 is 2.82 bits per heavy atom. The van der Waals surface area contributed by atoms with E-state index in [1.807, 2.05) is 4.90 Å². The molecular weight excluding hydrogens is 495 g/mol. The van der Waals surface area contributed by atoms with Gasteiger partial charge in [0.15, 0.2) is 17.3 Å². The summed E-state index contributed by atoms with van der Waals surface area (Å²) in [4.78, 5) is 21.3. The molecule has 0 radical (unpaired) electrons. The zero-order chi connectivity index (χ0) is 23.4. The van der Waals surface area contributed by atoms with Crippen molar-refractivity contribution >= 4 is 44.6 Å². The molecule has 1 saturated heterocycles. The summed E-state index contributed by atoms with van der Waals surface area (Å²) in [5.74, 6) is 1.12. The zero-order valence-corrected chi connectivity index (χ0v) is 19.6. The van der Waals surface area contributed by atoms with E-state index in [-0.39, 0.29) is 11.8 Å². The maximum Gasteiger partial charge on any atom is 0.163 e. The molecule has 3 aromatic rings. The molecule has 1 atom stereocenters. The number of β-amino-alcohol motifs (C(OH)–C–C–N with tert-alkyl or cyclic N) is 1. The van der Waals surface area contributed by atoms with E-state index in [0.29, 0.717) is 45.5 Å². The van der Waals surface area contributed by atoms with Crippen LogP contribution in [0.2, 0.25) is 0 Å². The van der Waals surface area contributed by atoms with Gasteiger partial charge in [0.1, 0.15) is 30.6 Å². The minimum atomic E-state index is -0.962. The van der Waals surface area contributed by atoms with Crippen LogP contribution in [0.4, 0.5) is 15.9 Å². The van der Waals surface area contributed by atoms with E-state index >= 15 is 0 Å². The smallest absolute Gasteiger partial charge is 0.163 e. The highest BCUT2D eigenvalue weighted by Gasteiger charge is 2.23. The Hall–Kier alpha value is -2.82. The predicted molar refractivity (Wildman–Crippen MR) is 126 cm³/mol. The van der Waals surface area contributed by atoms with Crippen molar-refractivity contribution in [2.75, 3.05) is 32.1 Å². The van der Waals surface area contributed by atoms with Gasteiger partial charge >= 0.3 is 0 Å². The highest BCUT2D eigenvalue weighted by molar-refractivity contribution is 9.10. The van der Waals surface area contributed by atoms with Gasteiger partial charge in [-0.25, -0.2) is 14.4 Å². The third-order valence-electron chi connectivity index (χ3n) is 5.56. The van der Waals surface area contributed by atoms with Gasteiger partial charge in [-0.2, -0.15) is 0 Å². The Morgan fingerprint density at radius 1 is 1.30 bits per heavy atom. The number of nitrogens with zero attached hydrogens (tertiary/aromatic N) is 3. The molecule has 1 aromatic heterocycles. The lowest BCUT2D eigenvalue weighted by atomic mass is 10.1. The Morgan fingerprint density at radius 2 is 2.09 bits per heavy atom. The minimum Gasteiger partial charge on any atom is -0.493 e. The van der Waals surface area contributed by atoms with E-state index in [0.717, 1.165) is 25.9 Å². The molecule has 1 aliphatic heterocycles. The van der Waals surface area contributed by atoms with Gasteiger partial charge in [0.05, 0.1) is 22.8 Å². The molecule has 0 saturated carbocycles. The second-order valence-electron chi connectivity index (χ2n) is 7.79. The third-order valence-corrected chi connectivity index (χ3v) is 6.17. The largest absolute Gasteiger partial charge is 0.493 e. The van der Waals surface area contributed by atoms with Crippen LogP contribution in [-0.4, -0.2) is 65.2 Å². The number of hydrogen-bond donors (Lipinski definition) is 2. The second kappa shape index (κ2) is 10.4. The summed E-state index contributed by atoms with van der Waals surface area (Å²) < 4.78 is 26.6. The van der Waals surface area contributed by atoms with E-state index in [9.17, 15) is 14.3 Å². The number of hydrogen-bond acceptors (Lipinski definition) is 8. The van der Waals surface area contributed by atoms with E-state index in [1.54, 1.807) is 37.4 Å². The molecule has 1 aliphatic rings. The fourth-order valence-corrected chi connectivity index (χ4v) is 4.21. The van der Waals surface area contributed by atoms with Crippen LogP contribution in [0.1, 0.15) is 12.8 Å². The molecule has 33 heavy (non-hydrogen) atoms. The topological polar surface area (TPSA) is 96.8 Å². The fourth-order valence-electron chi connectivity index (χ4n) is 3.84. The number of aromatic nitrogens is 2. The molecule has 0 spiro atoms. The molecule has 2 N–H and O–H groups in total. The Labute approximate surface area is 198 Å². The normalized spacial score (nSPS) is 15.9. The predicted octanol–water partition coefficient (Wildman–Crippen LogP) is 3.69.